The lowest BCUT2D eigenvalue weighted by molar-refractivity contribution is 0.0621. The summed E-state index contributed by atoms with van der Waals surface area (Å²) >= 11 is 5.72. The highest BCUT2D eigenvalue weighted by Gasteiger charge is 2.15. The van der Waals surface area contributed by atoms with Crippen LogP contribution in [0.3, 0.4) is 0 Å². The molecule has 0 saturated carbocycles. The van der Waals surface area contributed by atoms with Crippen molar-refractivity contribution in [2.45, 2.75) is 13.0 Å². The highest BCUT2D eigenvalue weighted by Crippen LogP contribution is 2.18. The van der Waals surface area contributed by atoms with Crippen molar-refractivity contribution in [1.29, 1.82) is 0 Å². The van der Waals surface area contributed by atoms with E-state index in [0.717, 1.165) is 0 Å². The number of hydrogen-bond donors (Lipinski definition) is 2. The summed E-state index contributed by atoms with van der Waals surface area (Å²) in [6.45, 7) is 1.85. The first-order valence-corrected chi connectivity index (χ1v) is 5.01. The van der Waals surface area contributed by atoms with Crippen LogP contribution >= 0.6 is 11.6 Å². The smallest absolute Gasteiger partial charge is 0.255 e. The van der Waals surface area contributed by atoms with Gasteiger partial charge in [0.2, 0.25) is 0 Å². The molecule has 0 heterocycles. The summed E-state index contributed by atoms with van der Waals surface area (Å²) in [7, 11) is 0. The van der Waals surface area contributed by atoms with Gasteiger partial charge in [-0.1, -0.05) is 17.7 Å². The van der Waals surface area contributed by atoms with Gasteiger partial charge in [0.15, 0.2) is 0 Å². The average molecular weight is 247 g/mol. The lowest BCUT2D eigenvalue weighted by Gasteiger charge is -2.11. The predicted octanol–water partition coefficient (Wildman–Crippen LogP) is 1.49. The van der Waals surface area contributed by atoms with Crippen LogP contribution in [0.5, 0.6) is 0 Å². The van der Waals surface area contributed by atoms with Gasteiger partial charge in [-0.05, 0) is 19.1 Å². The number of halogens is 2. The SMILES string of the molecule is CC(CNC(=O)c1c(F)cccc1Cl)ON. The molecule has 0 fully saturated rings. The number of hydrogen-bond acceptors (Lipinski definition) is 3. The van der Waals surface area contributed by atoms with Crippen LogP contribution in [0.25, 0.3) is 0 Å². The van der Waals surface area contributed by atoms with Gasteiger partial charge >= 0.3 is 0 Å². The number of carbonyl (C=O) groups is 1. The van der Waals surface area contributed by atoms with E-state index in [1.54, 1.807) is 6.92 Å². The Kier molecular flexibility index (Phi) is 4.67. The Labute approximate surface area is 97.5 Å². The zero-order valence-electron chi connectivity index (χ0n) is 8.67. The van der Waals surface area contributed by atoms with E-state index in [0.29, 0.717) is 0 Å². The zero-order chi connectivity index (χ0) is 12.1. The summed E-state index contributed by atoms with van der Waals surface area (Å²) in [5.74, 6) is 3.65. The number of nitrogens with one attached hydrogen (secondary N) is 1. The Morgan fingerprint density at radius 2 is 2.38 bits per heavy atom. The van der Waals surface area contributed by atoms with E-state index >= 15 is 0 Å². The summed E-state index contributed by atoms with van der Waals surface area (Å²) in [5, 5.41) is 2.53. The fourth-order valence-electron chi connectivity index (χ4n) is 1.09. The Bertz CT molecular complexity index is 367. The standard InChI is InChI=1S/C10H12ClFN2O2/c1-6(16-13)5-14-10(15)9-7(11)3-2-4-8(9)12/h2-4,6H,5,13H2,1H3,(H,14,15). The number of benzene rings is 1. The van der Waals surface area contributed by atoms with Gasteiger partial charge in [-0.15, -0.1) is 0 Å². The first-order chi connectivity index (χ1) is 7.56. The molecule has 16 heavy (non-hydrogen) atoms. The van der Waals surface area contributed by atoms with Crippen LogP contribution in [0.2, 0.25) is 5.02 Å². The topological polar surface area (TPSA) is 64.3 Å². The molecule has 0 aliphatic heterocycles. The Morgan fingerprint density at radius 3 is 2.94 bits per heavy atom. The van der Waals surface area contributed by atoms with Crippen molar-refractivity contribution < 1.29 is 14.0 Å². The molecule has 1 rings (SSSR count). The molecule has 0 aliphatic carbocycles. The molecule has 88 valence electrons. The molecule has 0 radical (unpaired) electrons. The third-order valence-corrected chi connectivity index (χ3v) is 2.29. The van der Waals surface area contributed by atoms with Crippen molar-refractivity contribution in [2.75, 3.05) is 6.54 Å². The van der Waals surface area contributed by atoms with Crippen LogP contribution in [0.1, 0.15) is 17.3 Å². The molecule has 1 amide bonds. The molecule has 0 bridgehead atoms. The fourth-order valence-corrected chi connectivity index (χ4v) is 1.34. The van der Waals surface area contributed by atoms with Gasteiger partial charge in [0.1, 0.15) is 5.82 Å². The highest BCUT2D eigenvalue weighted by atomic mass is 35.5. The van der Waals surface area contributed by atoms with Crippen LogP contribution in [-0.2, 0) is 4.84 Å². The molecular weight excluding hydrogens is 235 g/mol. The highest BCUT2D eigenvalue weighted by molar-refractivity contribution is 6.33. The molecule has 0 aromatic heterocycles. The van der Waals surface area contributed by atoms with E-state index in [2.05, 4.69) is 10.2 Å². The van der Waals surface area contributed by atoms with Crippen molar-refractivity contribution in [3.05, 3.63) is 34.6 Å². The minimum absolute atomic E-state index is 0.0684. The number of rotatable bonds is 4. The Hall–Kier alpha value is -1.17. The van der Waals surface area contributed by atoms with Crippen molar-refractivity contribution in [3.8, 4) is 0 Å². The Morgan fingerprint density at radius 1 is 1.69 bits per heavy atom. The van der Waals surface area contributed by atoms with Gasteiger partial charge < -0.3 is 5.32 Å². The second-order valence-corrected chi connectivity index (χ2v) is 3.66. The third-order valence-electron chi connectivity index (χ3n) is 1.97. The zero-order valence-corrected chi connectivity index (χ0v) is 9.42. The molecule has 1 atom stereocenters. The monoisotopic (exact) mass is 246 g/mol. The second kappa shape index (κ2) is 5.79. The van der Waals surface area contributed by atoms with Gasteiger partial charge in [-0.2, -0.15) is 0 Å². The van der Waals surface area contributed by atoms with Gasteiger partial charge in [0.25, 0.3) is 5.91 Å². The van der Waals surface area contributed by atoms with Crippen molar-refractivity contribution in [1.82, 2.24) is 5.32 Å². The number of amides is 1. The van der Waals surface area contributed by atoms with Crippen molar-refractivity contribution in [2.24, 2.45) is 5.90 Å². The summed E-state index contributed by atoms with van der Waals surface area (Å²) < 4.78 is 13.3. The van der Waals surface area contributed by atoms with E-state index in [4.69, 9.17) is 17.5 Å². The van der Waals surface area contributed by atoms with Crippen LogP contribution in [0.4, 0.5) is 4.39 Å². The van der Waals surface area contributed by atoms with Crippen molar-refractivity contribution in [3.63, 3.8) is 0 Å². The van der Waals surface area contributed by atoms with Crippen LogP contribution in [0, 0.1) is 5.82 Å². The van der Waals surface area contributed by atoms with Crippen LogP contribution in [0.15, 0.2) is 18.2 Å². The maximum absolute atomic E-state index is 13.3. The summed E-state index contributed by atoms with van der Waals surface area (Å²) in [6, 6.07) is 4.05. The van der Waals surface area contributed by atoms with E-state index in [-0.39, 0.29) is 23.2 Å². The number of nitrogens with two attached hydrogens (primary N) is 1. The van der Waals surface area contributed by atoms with Gasteiger partial charge in [0, 0.05) is 6.54 Å². The predicted molar refractivity (Wildman–Crippen MR) is 58.5 cm³/mol. The van der Waals surface area contributed by atoms with Gasteiger partial charge in [0.05, 0.1) is 16.7 Å². The quantitative estimate of drug-likeness (QED) is 0.791. The molecule has 6 heteroatoms. The minimum atomic E-state index is -0.661. The van der Waals surface area contributed by atoms with Gasteiger partial charge in [-0.25, -0.2) is 10.3 Å². The summed E-state index contributed by atoms with van der Waals surface area (Å²) in [5.41, 5.74) is -0.173. The van der Waals surface area contributed by atoms with Crippen LogP contribution < -0.4 is 11.2 Å². The normalized spacial score (nSPS) is 12.2. The average Bonchev–Trinajstić information content (AvgIpc) is 2.25. The largest absolute Gasteiger partial charge is 0.349 e. The van der Waals surface area contributed by atoms with E-state index in [1.807, 2.05) is 0 Å². The van der Waals surface area contributed by atoms with Crippen molar-refractivity contribution >= 4 is 17.5 Å². The molecule has 0 spiro atoms. The molecular formula is C10H12ClFN2O2. The van der Waals surface area contributed by atoms with E-state index < -0.39 is 11.7 Å². The molecule has 1 unspecified atom stereocenters. The second-order valence-electron chi connectivity index (χ2n) is 3.25. The van der Waals surface area contributed by atoms with Crippen LogP contribution in [-0.4, -0.2) is 18.6 Å². The Balaban J connectivity index is 2.73. The minimum Gasteiger partial charge on any atom is -0.349 e. The van der Waals surface area contributed by atoms with E-state index in [1.165, 1.54) is 18.2 Å². The van der Waals surface area contributed by atoms with E-state index in [9.17, 15) is 9.18 Å². The maximum atomic E-state index is 13.3. The van der Waals surface area contributed by atoms with Gasteiger partial charge in [-0.3, -0.25) is 9.63 Å². The molecule has 1 aromatic carbocycles. The molecule has 0 saturated heterocycles. The summed E-state index contributed by atoms with van der Waals surface area (Å²) in [6.07, 6.45) is -0.352. The maximum Gasteiger partial charge on any atom is 0.255 e. The molecule has 0 aliphatic rings. The molecule has 3 N–H and O–H groups in total. The third kappa shape index (κ3) is 3.16. The first kappa shape index (κ1) is 12.9. The lowest BCUT2D eigenvalue weighted by Crippen LogP contribution is -2.33. The molecule has 4 nitrogen and oxygen atoms in total. The first-order valence-electron chi connectivity index (χ1n) is 4.64. The lowest BCUT2D eigenvalue weighted by atomic mass is 10.2. The number of carbonyl (C=O) groups excluding carboxylic acids is 1. The summed E-state index contributed by atoms with van der Waals surface area (Å²) in [4.78, 5) is 16.0. The fraction of sp³-hybridized carbons (Fsp3) is 0.300. The molecule has 1 aromatic rings.